The maximum Gasteiger partial charge on any atom is 0.255 e. The van der Waals surface area contributed by atoms with Crippen LogP contribution in [0.3, 0.4) is 0 Å². The van der Waals surface area contributed by atoms with E-state index in [-0.39, 0.29) is 5.91 Å². The predicted octanol–water partition coefficient (Wildman–Crippen LogP) is 3.94. The summed E-state index contributed by atoms with van der Waals surface area (Å²) in [6.07, 6.45) is 0. The number of amides is 1. The van der Waals surface area contributed by atoms with E-state index in [1.54, 1.807) is 14.2 Å². The summed E-state index contributed by atoms with van der Waals surface area (Å²) in [6.45, 7) is 0.434. The van der Waals surface area contributed by atoms with Crippen molar-refractivity contribution in [2.45, 2.75) is 6.54 Å². The second-order valence-electron chi connectivity index (χ2n) is 5.62. The molecule has 0 spiro atoms. The van der Waals surface area contributed by atoms with Gasteiger partial charge in [0, 0.05) is 23.1 Å². The number of methoxy groups -OCH3 is 2. The second kappa shape index (κ2) is 7.93. The molecule has 0 saturated heterocycles. The SMILES string of the molecule is COc1ccc(OC)c(-c2csc(N)c2C(=O)NCc2ccccc2)c1. The molecule has 3 aromatic rings. The number of nitrogens with two attached hydrogens (primary N) is 1. The third-order valence-electron chi connectivity index (χ3n) is 4.04. The van der Waals surface area contributed by atoms with Gasteiger partial charge >= 0.3 is 0 Å². The lowest BCUT2D eigenvalue weighted by molar-refractivity contribution is 0.0953. The number of hydrogen-bond acceptors (Lipinski definition) is 5. The van der Waals surface area contributed by atoms with Gasteiger partial charge in [-0.1, -0.05) is 30.3 Å². The first-order chi connectivity index (χ1) is 12.6. The molecule has 1 amide bonds. The molecule has 1 aromatic heterocycles. The summed E-state index contributed by atoms with van der Waals surface area (Å²) in [5, 5.41) is 5.27. The fourth-order valence-electron chi connectivity index (χ4n) is 2.70. The van der Waals surface area contributed by atoms with Crippen LogP contribution in [-0.4, -0.2) is 20.1 Å². The van der Waals surface area contributed by atoms with Gasteiger partial charge in [0.15, 0.2) is 0 Å². The Labute approximate surface area is 156 Å². The molecule has 0 saturated carbocycles. The minimum Gasteiger partial charge on any atom is -0.497 e. The quantitative estimate of drug-likeness (QED) is 0.691. The average Bonchev–Trinajstić information content (AvgIpc) is 3.07. The highest BCUT2D eigenvalue weighted by Gasteiger charge is 2.21. The number of ether oxygens (including phenoxy) is 2. The van der Waals surface area contributed by atoms with E-state index in [0.29, 0.717) is 28.6 Å². The molecule has 1 heterocycles. The molecular formula is C20H20N2O3S. The largest absolute Gasteiger partial charge is 0.497 e. The van der Waals surface area contributed by atoms with Crippen molar-refractivity contribution < 1.29 is 14.3 Å². The first-order valence-corrected chi connectivity index (χ1v) is 8.93. The van der Waals surface area contributed by atoms with Crippen LogP contribution < -0.4 is 20.5 Å². The number of benzene rings is 2. The van der Waals surface area contributed by atoms with Crippen molar-refractivity contribution in [1.82, 2.24) is 5.32 Å². The highest BCUT2D eigenvalue weighted by molar-refractivity contribution is 7.15. The molecule has 0 aliphatic heterocycles. The number of nitrogens with one attached hydrogen (secondary N) is 1. The Bertz CT molecular complexity index is 907. The van der Waals surface area contributed by atoms with Gasteiger partial charge in [-0.15, -0.1) is 11.3 Å². The van der Waals surface area contributed by atoms with Gasteiger partial charge in [0.1, 0.15) is 11.5 Å². The number of carbonyl (C=O) groups is 1. The smallest absolute Gasteiger partial charge is 0.255 e. The number of thiophene rings is 1. The summed E-state index contributed by atoms with van der Waals surface area (Å²) in [4.78, 5) is 12.8. The van der Waals surface area contributed by atoms with E-state index in [4.69, 9.17) is 15.2 Å². The van der Waals surface area contributed by atoms with E-state index in [2.05, 4.69) is 5.32 Å². The summed E-state index contributed by atoms with van der Waals surface area (Å²) in [6, 6.07) is 15.2. The van der Waals surface area contributed by atoms with Crippen LogP contribution in [0.15, 0.2) is 53.9 Å². The van der Waals surface area contributed by atoms with Crippen LogP contribution in [0.2, 0.25) is 0 Å². The third kappa shape index (κ3) is 3.65. The zero-order chi connectivity index (χ0) is 18.5. The monoisotopic (exact) mass is 368 g/mol. The molecule has 3 rings (SSSR count). The Kier molecular flexibility index (Phi) is 5.43. The molecule has 0 aliphatic carbocycles. The predicted molar refractivity (Wildman–Crippen MR) is 105 cm³/mol. The first-order valence-electron chi connectivity index (χ1n) is 8.05. The molecule has 26 heavy (non-hydrogen) atoms. The first kappa shape index (κ1) is 17.8. The lowest BCUT2D eigenvalue weighted by Crippen LogP contribution is -2.23. The van der Waals surface area contributed by atoms with E-state index >= 15 is 0 Å². The molecule has 0 aliphatic rings. The van der Waals surface area contributed by atoms with Crippen molar-refractivity contribution in [3.8, 4) is 22.6 Å². The second-order valence-corrected chi connectivity index (χ2v) is 6.53. The standard InChI is InChI=1S/C20H20N2O3S/c1-24-14-8-9-17(25-2)15(10-14)16-12-26-19(21)18(16)20(23)22-11-13-6-4-3-5-7-13/h3-10,12H,11,21H2,1-2H3,(H,22,23). The lowest BCUT2D eigenvalue weighted by Gasteiger charge is -2.12. The van der Waals surface area contributed by atoms with Crippen molar-refractivity contribution in [2.75, 3.05) is 20.0 Å². The number of carbonyl (C=O) groups excluding carboxylic acids is 1. The molecule has 6 heteroatoms. The normalized spacial score (nSPS) is 10.4. The van der Waals surface area contributed by atoms with Gasteiger partial charge in [0.25, 0.3) is 5.91 Å². The summed E-state index contributed by atoms with van der Waals surface area (Å²) in [7, 11) is 3.19. The van der Waals surface area contributed by atoms with Crippen LogP contribution >= 0.6 is 11.3 Å². The summed E-state index contributed by atoms with van der Waals surface area (Å²) in [5.74, 6) is 1.12. The molecule has 2 aromatic carbocycles. The number of rotatable bonds is 6. The number of hydrogen-bond donors (Lipinski definition) is 2. The van der Waals surface area contributed by atoms with Gasteiger partial charge in [-0.05, 0) is 23.8 Å². The Morgan fingerprint density at radius 1 is 1.08 bits per heavy atom. The van der Waals surface area contributed by atoms with Crippen molar-refractivity contribution in [3.63, 3.8) is 0 Å². The summed E-state index contributed by atoms with van der Waals surface area (Å²) < 4.78 is 10.8. The Hall–Kier alpha value is -2.99. The van der Waals surface area contributed by atoms with Crippen LogP contribution in [0.5, 0.6) is 11.5 Å². The molecule has 0 fully saturated rings. The van der Waals surface area contributed by atoms with Crippen LogP contribution in [0.25, 0.3) is 11.1 Å². The Balaban J connectivity index is 1.93. The number of anilines is 1. The lowest BCUT2D eigenvalue weighted by atomic mass is 10.0. The molecule has 134 valence electrons. The maximum atomic E-state index is 12.8. The zero-order valence-corrected chi connectivity index (χ0v) is 15.4. The van der Waals surface area contributed by atoms with Crippen LogP contribution in [0, 0.1) is 0 Å². The minimum absolute atomic E-state index is 0.215. The van der Waals surface area contributed by atoms with Crippen molar-refractivity contribution >= 4 is 22.2 Å². The third-order valence-corrected chi connectivity index (χ3v) is 4.85. The van der Waals surface area contributed by atoms with E-state index in [0.717, 1.165) is 16.7 Å². The maximum absolute atomic E-state index is 12.8. The van der Waals surface area contributed by atoms with E-state index in [1.165, 1.54) is 11.3 Å². The number of nitrogen functional groups attached to an aromatic ring is 1. The van der Waals surface area contributed by atoms with Gasteiger partial charge in [-0.25, -0.2) is 0 Å². The van der Waals surface area contributed by atoms with E-state index in [1.807, 2.05) is 53.9 Å². The van der Waals surface area contributed by atoms with Gasteiger partial charge in [0.2, 0.25) is 0 Å². The van der Waals surface area contributed by atoms with Crippen LogP contribution in [0.1, 0.15) is 15.9 Å². The minimum atomic E-state index is -0.215. The average molecular weight is 368 g/mol. The zero-order valence-electron chi connectivity index (χ0n) is 14.6. The van der Waals surface area contributed by atoms with Crippen molar-refractivity contribution in [2.24, 2.45) is 0 Å². The fraction of sp³-hybridized carbons (Fsp3) is 0.150. The molecule has 0 atom stereocenters. The van der Waals surface area contributed by atoms with E-state index < -0.39 is 0 Å². The van der Waals surface area contributed by atoms with Gasteiger partial charge < -0.3 is 20.5 Å². The fourth-order valence-corrected chi connectivity index (χ4v) is 3.51. The summed E-state index contributed by atoms with van der Waals surface area (Å²) >= 11 is 1.33. The van der Waals surface area contributed by atoms with Gasteiger partial charge in [0.05, 0.1) is 24.8 Å². The van der Waals surface area contributed by atoms with Crippen molar-refractivity contribution in [1.29, 1.82) is 0 Å². The summed E-state index contributed by atoms with van der Waals surface area (Å²) in [5.41, 5.74) is 9.07. The molecular weight excluding hydrogens is 348 g/mol. The van der Waals surface area contributed by atoms with Crippen molar-refractivity contribution in [3.05, 3.63) is 65.0 Å². The topological polar surface area (TPSA) is 73.6 Å². The molecule has 0 bridgehead atoms. The Morgan fingerprint density at radius 3 is 2.54 bits per heavy atom. The van der Waals surface area contributed by atoms with Crippen LogP contribution in [-0.2, 0) is 6.54 Å². The highest BCUT2D eigenvalue weighted by Crippen LogP contribution is 2.40. The highest BCUT2D eigenvalue weighted by atomic mass is 32.1. The van der Waals surface area contributed by atoms with Gasteiger partial charge in [-0.2, -0.15) is 0 Å². The molecule has 5 nitrogen and oxygen atoms in total. The molecule has 3 N–H and O–H groups in total. The van der Waals surface area contributed by atoms with Crippen LogP contribution in [0.4, 0.5) is 5.00 Å². The van der Waals surface area contributed by atoms with E-state index in [9.17, 15) is 4.79 Å². The van der Waals surface area contributed by atoms with Gasteiger partial charge in [-0.3, -0.25) is 4.79 Å². The Morgan fingerprint density at radius 2 is 1.85 bits per heavy atom. The molecule has 0 radical (unpaired) electrons. The molecule has 0 unspecified atom stereocenters.